The molecule has 0 aromatic rings. The normalized spacial score (nSPS) is 20.1. The highest BCUT2D eigenvalue weighted by molar-refractivity contribution is 4.88. The van der Waals surface area contributed by atoms with Gasteiger partial charge in [0.1, 0.15) is 0 Å². The Kier molecular flexibility index (Phi) is 7.53. The van der Waals surface area contributed by atoms with Crippen molar-refractivity contribution in [2.45, 2.75) is 97.1 Å². The molecule has 0 saturated heterocycles. The average molecular weight is 284 g/mol. The topological polar surface area (TPSA) is 21.3 Å². The van der Waals surface area contributed by atoms with Crippen LogP contribution in [0.1, 0.15) is 86.0 Å². The van der Waals surface area contributed by atoms with Crippen molar-refractivity contribution in [1.82, 2.24) is 5.32 Å². The maximum atomic E-state index is 6.43. The maximum Gasteiger partial charge on any atom is 0.0806 e. The standard InChI is InChI=1S/C18H37NO/c1-16(2)11-10-14-20-18(15-19-17(3,4)5)12-8-6-7-9-13-18/h16,19H,6-15H2,1-5H3. The molecule has 1 N–H and O–H groups in total. The van der Waals surface area contributed by atoms with Gasteiger partial charge in [-0.2, -0.15) is 0 Å². The minimum atomic E-state index is 0.0980. The molecule has 120 valence electrons. The molecule has 0 spiro atoms. The summed E-state index contributed by atoms with van der Waals surface area (Å²) in [6.07, 6.45) is 10.4. The molecule has 2 heteroatoms. The molecule has 0 radical (unpaired) electrons. The molecule has 0 heterocycles. The van der Waals surface area contributed by atoms with Crippen LogP contribution in [0, 0.1) is 5.92 Å². The molecule has 0 aliphatic heterocycles. The zero-order valence-corrected chi connectivity index (χ0v) is 14.6. The van der Waals surface area contributed by atoms with Crippen LogP contribution in [0.15, 0.2) is 0 Å². The first-order valence-electron chi connectivity index (χ1n) is 8.72. The van der Waals surface area contributed by atoms with Crippen molar-refractivity contribution in [1.29, 1.82) is 0 Å². The van der Waals surface area contributed by atoms with Gasteiger partial charge in [-0.3, -0.25) is 0 Å². The predicted molar refractivity (Wildman–Crippen MR) is 88.2 cm³/mol. The largest absolute Gasteiger partial charge is 0.374 e. The highest BCUT2D eigenvalue weighted by Gasteiger charge is 2.32. The van der Waals surface area contributed by atoms with E-state index in [1.54, 1.807) is 0 Å². The van der Waals surface area contributed by atoms with E-state index in [0.717, 1.165) is 19.1 Å². The van der Waals surface area contributed by atoms with Gasteiger partial charge in [-0.25, -0.2) is 0 Å². The van der Waals surface area contributed by atoms with Crippen LogP contribution in [-0.4, -0.2) is 24.3 Å². The summed E-state index contributed by atoms with van der Waals surface area (Å²) < 4.78 is 6.43. The fraction of sp³-hybridized carbons (Fsp3) is 1.00. The zero-order valence-electron chi connectivity index (χ0n) is 14.6. The molecular weight excluding hydrogens is 246 g/mol. The number of rotatable bonds is 7. The van der Waals surface area contributed by atoms with Crippen LogP contribution in [0.25, 0.3) is 0 Å². The Morgan fingerprint density at radius 2 is 1.65 bits per heavy atom. The molecule has 0 bridgehead atoms. The second-order valence-corrected chi connectivity index (χ2v) is 8.09. The molecule has 1 fully saturated rings. The van der Waals surface area contributed by atoms with Crippen LogP contribution in [-0.2, 0) is 4.74 Å². The quantitative estimate of drug-likeness (QED) is 0.529. The average Bonchev–Trinajstić information content (AvgIpc) is 2.58. The Morgan fingerprint density at radius 3 is 2.15 bits per heavy atom. The van der Waals surface area contributed by atoms with Crippen molar-refractivity contribution in [2.24, 2.45) is 5.92 Å². The molecule has 0 aromatic carbocycles. The van der Waals surface area contributed by atoms with E-state index in [1.165, 1.54) is 51.4 Å². The Morgan fingerprint density at radius 1 is 1.05 bits per heavy atom. The van der Waals surface area contributed by atoms with E-state index in [0.29, 0.717) is 0 Å². The van der Waals surface area contributed by atoms with E-state index in [2.05, 4.69) is 39.9 Å². The molecule has 0 atom stereocenters. The van der Waals surface area contributed by atoms with Crippen molar-refractivity contribution in [3.8, 4) is 0 Å². The van der Waals surface area contributed by atoms with Crippen LogP contribution in [0.2, 0.25) is 0 Å². The summed E-state index contributed by atoms with van der Waals surface area (Å²) in [5.41, 5.74) is 0.279. The molecule has 1 rings (SSSR count). The molecule has 2 nitrogen and oxygen atoms in total. The molecule has 1 aliphatic rings. The van der Waals surface area contributed by atoms with Gasteiger partial charge >= 0.3 is 0 Å². The van der Waals surface area contributed by atoms with Crippen LogP contribution in [0.5, 0.6) is 0 Å². The molecule has 20 heavy (non-hydrogen) atoms. The van der Waals surface area contributed by atoms with Gasteiger partial charge in [0, 0.05) is 18.7 Å². The first kappa shape index (κ1) is 18.0. The van der Waals surface area contributed by atoms with E-state index < -0.39 is 0 Å². The smallest absolute Gasteiger partial charge is 0.0806 e. The summed E-state index contributed by atoms with van der Waals surface area (Å²) >= 11 is 0. The van der Waals surface area contributed by atoms with Gasteiger partial charge in [0.25, 0.3) is 0 Å². The first-order chi connectivity index (χ1) is 9.33. The molecule has 1 saturated carbocycles. The highest BCUT2D eigenvalue weighted by Crippen LogP contribution is 2.31. The van der Waals surface area contributed by atoms with Gasteiger partial charge in [-0.15, -0.1) is 0 Å². The van der Waals surface area contributed by atoms with Crippen LogP contribution < -0.4 is 5.32 Å². The molecule has 0 amide bonds. The maximum absolute atomic E-state index is 6.43. The van der Waals surface area contributed by atoms with Gasteiger partial charge in [0.05, 0.1) is 5.60 Å². The zero-order chi connectivity index (χ0) is 15.1. The van der Waals surface area contributed by atoms with Crippen molar-refractivity contribution in [3.05, 3.63) is 0 Å². The molecule has 0 aromatic heterocycles. The van der Waals surface area contributed by atoms with Gasteiger partial charge in [0.2, 0.25) is 0 Å². The van der Waals surface area contributed by atoms with E-state index in [1.807, 2.05) is 0 Å². The lowest BCUT2D eigenvalue weighted by molar-refractivity contribution is -0.0598. The first-order valence-corrected chi connectivity index (χ1v) is 8.72. The third-order valence-corrected chi connectivity index (χ3v) is 4.29. The summed E-state index contributed by atoms with van der Waals surface area (Å²) in [6, 6.07) is 0. The Hall–Kier alpha value is -0.0800. The number of nitrogens with one attached hydrogen (secondary N) is 1. The van der Waals surface area contributed by atoms with Crippen molar-refractivity contribution < 1.29 is 4.74 Å². The molecule has 0 unspecified atom stereocenters. The SMILES string of the molecule is CC(C)CCCOC1(CNC(C)(C)C)CCCCCC1. The van der Waals surface area contributed by atoms with E-state index >= 15 is 0 Å². The monoisotopic (exact) mass is 283 g/mol. The van der Waals surface area contributed by atoms with Crippen LogP contribution in [0.3, 0.4) is 0 Å². The lowest BCUT2D eigenvalue weighted by Crippen LogP contribution is -2.49. The summed E-state index contributed by atoms with van der Waals surface area (Å²) in [4.78, 5) is 0. The van der Waals surface area contributed by atoms with Crippen LogP contribution >= 0.6 is 0 Å². The Balaban J connectivity index is 2.49. The third-order valence-electron chi connectivity index (χ3n) is 4.29. The van der Waals surface area contributed by atoms with Gasteiger partial charge in [0.15, 0.2) is 0 Å². The van der Waals surface area contributed by atoms with E-state index in [4.69, 9.17) is 4.74 Å². The van der Waals surface area contributed by atoms with Gasteiger partial charge in [-0.1, -0.05) is 39.5 Å². The summed E-state index contributed by atoms with van der Waals surface area (Å²) in [5.74, 6) is 0.788. The van der Waals surface area contributed by atoms with Crippen LogP contribution in [0.4, 0.5) is 0 Å². The summed E-state index contributed by atoms with van der Waals surface area (Å²) in [7, 11) is 0. The Bertz CT molecular complexity index is 247. The third kappa shape index (κ3) is 7.64. The molecule has 1 aliphatic carbocycles. The summed E-state index contributed by atoms with van der Waals surface area (Å²) in [6.45, 7) is 13.3. The number of ether oxygens (including phenoxy) is 1. The minimum absolute atomic E-state index is 0.0980. The fourth-order valence-electron chi connectivity index (χ4n) is 2.95. The number of hydrogen-bond acceptors (Lipinski definition) is 2. The Labute approximate surface area is 127 Å². The van der Waals surface area contributed by atoms with E-state index in [-0.39, 0.29) is 11.1 Å². The second kappa shape index (κ2) is 8.38. The summed E-state index contributed by atoms with van der Waals surface area (Å²) in [5, 5.41) is 3.68. The highest BCUT2D eigenvalue weighted by atomic mass is 16.5. The van der Waals surface area contributed by atoms with Gasteiger partial charge < -0.3 is 10.1 Å². The molecular formula is C18H37NO. The van der Waals surface area contributed by atoms with Crippen molar-refractivity contribution in [3.63, 3.8) is 0 Å². The second-order valence-electron chi connectivity index (χ2n) is 8.09. The lowest BCUT2D eigenvalue weighted by Gasteiger charge is -2.36. The predicted octanol–water partition coefficient (Wildman–Crippen LogP) is 4.92. The minimum Gasteiger partial charge on any atom is -0.374 e. The van der Waals surface area contributed by atoms with Crippen molar-refractivity contribution >= 4 is 0 Å². The lowest BCUT2D eigenvalue weighted by atomic mass is 9.92. The van der Waals surface area contributed by atoms with E-state index in [9.17, 15) is 0 Å². The van der Waals surface area contributed by atoms with Crippen molar-refractivity contribution in [2.75, 3.05) is 13.2 Å². The number of hydrogen-bond donors (Lipinski definition) is 1. The fourth-order valence-corrected chi connectivity index (χ4v) is 2.95. The van der Waals surface area contributed by atoms with Gasteiger partial charge in [-0.05, 0) is 52.4 Å².